The molecule has 1 aromatic heterocycles. The van der Waals surface area contributed by atoms with Gasteiger partial charge < -0.3 is 0 Å². The van der Waals surface area contributed by atoms with E-state index in [0.29, 0.717) is 0 Å². The molecule has 0 aliphatic rings. The summed E-state index contributed by atoms with van der Waals surface area (Å²) in [5.41, 5.74) is 1.68. The van der Waals surface area contributed by atoms with Crippen molar-refractivity contribution >= 4 is 6.08 Å². The smallest absolute Gasteiger partial charge is 0.235 e. The summed E-state index contributed by atoms with van der Waals surface area (Å²) >= 11 is 0. The first kappa shape index (κ1) is 8.45. The summed E-state index contributed by atoms with van der Waals surface area (Å²) in [4.78, 5) is 9.49. The second-order valence-electron chi connectivity index (χ2n) is 2.41. The van der Waals surface area contributed by atoms with Crippen LogP contribution in [0.4, 0.5) is 0 Å². The quantitative estimate of drug-likeness (QED) is 0.487. The van der Waals surface area contributed by atoms with Crippen LogP contribution in [-0.4, -0.2) is 14.7 Å². The SMILES string of the molecule is Cc1c(/C=C/[N+](=O)[O-])cnn1C. The van der Waals surface area contributed by atoms with Crippen molar-refractivity contribution in [3.63, 3.8) is 0 Å². The molecule has 0 unspecified atom stereocenters. The molecule has 0 aliphatic heterocycles. The molecule has 1 heterocycles. The Hall–Kier alpha value is -1.65. The van der Waals surface area contributed by atoms with Crippen LogP contribution < -0.4 is 0 Å². The highest BCUT2D eigenvalue weighted by atomic mass is 16.6. The molecule has 5 heteroatoms. The zero-order valence-electron chi connectivity index (χ0n) is 6.89. The third-order valence-electron chi connectivity index (χ3n) is 1.65. The Balaban J connectivity index is 2.90. The first-order chi connectivity index (χ1) is 5.61. The van der Waals surface area contributed by atoms with E-state index in [0.717, 1.165) is 17.5 Å². The number of hydrogen-bond acceptors (Lipinski definition) is 3. The number of aryl methyl sites for hydroxylation is 1. The van der Waals surface area contributed by atoms with E-state index in [1.807, 2.05) is 6.92 Å². The number of rotatable bonds is 2. The standard InChI is InChI=1S/C7H9N3O2/c1-6-7(3-4-10(11)12)5-8-9(6)2/h3-5H,1-2H3/b4-3+. The monoisotopic (exact) mass is 167 g/mol. The van der Waals surface area contributed by atoms with Gasteiger partial charge in [-0.15, -0.1) is 0 Å². The lowest BCUT2D eigenvalue weighted by atomic mass is 10.2. The predicted octanol–water partition coefficient (Wildman–Crippen LogP) is 0.976. The first-order valence-electron chi connectivity index (χ1n) is 3.41. The van der Waals surface area contributed by atoms with Crippen LogP contribution in [0, 0.1) is 17.0 Å². The molecule has 0 radical (unpaired) electrons. The van der Waals surface area contributed by atoms with Crippen molar-refractivity contribution in [2.45, 2.75) is 6.92 Å². The molecule has 0 amide bonds. The molecule has 0 atom stereocenters. The van der Waals surface area contributed by atoms with Crippen molar-refractivity contribution in [1.82, 2.24) is 9.78 Å². The summed E-state index contributed by atoms with van der Waals surface area (Å²) in [6.45, 7) is 1.85. The van der Waals surface area contributed by atoms with Gasteiger partial charge in [0.25, 0.3) is 0 Å². The van der Waals surface area contributed by atoms with Crippen molar-refractivity contribution in [3.05, 3.63) is 33.8 Å². The van der Waals surface area contributed by atoms with Gasteiger partial charge in [-0.25, -0.2) is 0 Å². The third kappa shape index (κ3) is 1.69. The highest BCUT2D eigenvalue weighted by molar-refractivity contribution is 5.49. The third-order valence-corrected chi connectivity index (χ3v) is 1.65. The van der Waals surface area contributed by atoms with Gasteiger partial charge in [-0.05, 0) is 6.92 Å². The summed E-state index contributed by atoms with van der Waals surface area (Å²) in [6, 6.07) is 0. The maximum absolute atomic E-state index is 9.98. The maximum Gasteiger partial charge on any atom is 0.235 e. The van der Waals surface area contributed by atoms with Crippen LogP contribution in [-0.2, 0) is 7.05 Å². The Morgan fingerprint density at radius 3 is 2.83 bits per heavy atom. The lowest BCUT2D eigenvalue weighted by Gasteiger charge is -1.91. The Labute approximate surface area is 69.5 Å². The van der Waals surface area contributed by atoms with Crippen LogP contribution in [0.3, 0.4) is 0 Å². The Kier molecular flexibility index (Phi) is 2.23. The van der Waals surface area contributed by atoms with E-state index < -0.39 is 4.92 Å². The van der Waals surface area contributed by atoms with Gasteiger partial charge in [-0.3, -0.25) is 14.8 Å². The lowest BCUT2D eigenvalue weighted by molar-refractivity contribution is -0.400. The molecule has 0 aromatic carbocycles. The molecule has 0 aliphatic carbocycles. The topological polar surface area (TPSA) is 61.0 Å². The van der Waals surface area contributed by atoms with Crippen molar-refractivity contribution in [2.24, 2.45) is 7.05 Å². The minimum absolute atomic E-state index is 0.494. The molecular formula is C7H9N3O2. The van der Waals surface area contributed by atoms with Crippen LogP contribution in [0.5, 0.6) is 0 Å². The molecule has 0 saturated heterocycles. The summed E-state index contributed by atoms with van der Waals surface area (Å²) in [5, 5.41) is 13.9. The van der Waals surface area contributed by atoms with Crippen molar-refractivity contribution in [3.8, 4) is 0 Å². The van der Waals surface area contributed by atoms with Crippen LogP contribution in [0.1, 0.15) is 11.3 Å². The van der Waals surface area contributed by atoms with E-state index in [1.54, 1.807) is 17.9 Å². The highest BCUT2D eigenvalue weighted by Crippen LogP contribution is 2.06. The van der Waals surface area contributed by atoms with E-state index in [9.17, 15) is 10.1 Å². The fourth-order valence-electron chi connectivity index (χ4n) is 0.820. The molecule has 0 N–H and O–H groups in total. The summed E-state index contributed by atoms with van der Waals surface area (Å²) in [5.74, 6) is 0. The van der Waals surface area contributed by atoms with Crippen LogP contribution >= 0.6 is 0 Å². The molecule has 0 saturated carbocycles. The average Bonchev–Trinajstić information content (AvgIpc) is 2.30. The largest absolute Gasteiger partial charge is 0.272 e. The van der Waals surface area contributed by atoms with E-state index in [2.05, 4.69) is 5.10 Å². The Bertz CT molecular complexity index is 327. The number of nitrogens with zero attached hydrogens (tertiary/aromatic N) is 3. The predicted molar refractivity (Wildman–Crippen MR) is 44.0 cm³/mol. The van der Waals surface area contributed by atoms with E-state index in [1.165, 1.54) is 6.08 Å². The minimum Gasteiger partial charge on any atom is -0.272 e. The van der Waals surface area contributed by atoms with Gasteiger partial charge in [0.2, 0.25) is 6.20 Å². The fourth-order valence-corrected chi connectivity index (χ4v) is 0.820. The Morgan fingerprint density at radius 1 is 1.75 bits per heavy atom. The first-order valence-corrected chi connectivity index (χ1v) is 3.41. The molecule has 0 fully saturated rings. The second kappa shape index (κ2) is 3.17. The van der Waals surface area contributed by atoms with Gasteiger partial charge in [-0.1, -0.05) is 0 Å². The molecule has 5 nitrogen and oxygen atoms in total. The van der Waals surface area contributed by atoms with E-state index in [-0.39, 0.29) is 0 Å². The molecular weight excluding hydrogens is 158 g/mol. The van der Waals surface area contributed by atoms with Gasteiger partial charge in [0.15, 0.2) is 0 Å². The second-order valence-corrected chi connectivity index (χ2v) is 2.41. The number of nitro groups is 1. The normalized spacial score (nSPS) is 10.8. The van der Waals surface area contributed by atoms with Crippen molar-refractivity contribution in [2.75, 3.05) is 0 Å². The summed E-state index contributed by atoms with van der Waals surface area (Å²) in [7, 11) is 1.79. The Morgan fingerprint density at radius 2 is 2.42 bits per heavy atom. The molecule has 0 spiro atoms. The van der Waals surface area contributed by atoms with Gasteiger partial charge in [0, 0.05) is 24.4 Å². The lowest BCUT2D eigenvalue weighted by Crippen LogP contribution is -1.92. The maximum atomic E-state index is 9.98. The van der Waals surface area contributed by atoms with E-state index in [4.69, 9.17) is 0 Å². The zero-order valence-corrected chi connectivity index (χ0v) is 6.89. The average molecular weight is 167 g/mol. The molecule has 0 bridgehead atoms. The molecule has 1 rings (SSSR count). The summed E-state index contributed by atoms with van der Waals surface area (Å²) < 4.78 is 1.67. The van der Waals surface area contributed by atoms with Crippen LogP contribution in [0.2, 0.25) is 0 Å². The fraction of sp³-hybridized carbons (Fsp3) is 0.286. The minimum atomic E-state index is -0.494. The van der Waals surface area contributed by atoms with Crippen LogP contribution in [0.25, 0.3) is 6.08 Å². The van der Waals surface area contributed by atoms with Crippen LogP contribution in [0.15, 0.2) is 12.4 Å². The molecule has 12 heavy (non-hydrogen) atoms. The van der Waals surface area contributed by atoms with Gasteiger partial charge in [0.05, 0.1) is 11.1 Å². The highest BCUT2D eigenvalue weighted by Gasteiger charge is 2.00. The zero-order chi connectivity index (χ0) is 9.14. The number of hydrogen-bond donors (Lipinski definition) is 0. The van der Waals surface area contributed by atoms with Gasteiger partial charge >= 0.3 is 0 Å². The van der Waals surface area contributed by atoms with Gasteiger partial charge in [0.1, 0.15) is 0 Å². The number of aromatic nitrogens is 2. The van der Waals surface area contributed by atoms with Crippen molar-refractivity contribution in [1.29, 1.82) is 0 Å². The summed E-state index contributed by atoms with van der Waals surface area (Å²) in [6.07, 6.45) is 3.93. The van der Waals surface area contributed by atoms with E-state index >= 15 is 0 Å². The molecule has 1 aromatic rings. The van der Waals surface area contributed by atoms with Crippen molar-refractivity contribution < 1.29 is 4.92 Å². The van der Waals surface area contributed by atoms with Gasteiger partial charge in [-0.2, -0.15) is 5.10 Å². The molecule has 64 valence electrons.